The number of carbonyl (C=O) groups excluding carboxylic acids is 2. The van der Waals surface area contributed by atoms with Crippen LogP contribution in [0, 0.1) is 18.6 Å². The topological polar surface area (TPSA) is 42.3 Å². The SMILES string of the molecule is CCc1cc(CN2C(=O)c3c(C)cccc3C2=S)n(-c2ccc(Cl)cc2C(=O)c2c(F)cccc2F)c1. The summed E-state index contributed by atoms with van der Waals surface area (Å²) < 4.78 is 30.8. The molecule has 1 aliphatic heterocycles. The van der Waals surface area contributed by atoms with Crippen LogP contribution < -0.4 is 0 Å². The van der Waals surface area contributed by atoms with Gasteiger partial charge in [0.1, 0.15) is 16.6 Å². The molecule has 2 heterocycles. The van der Waals surface area contributed by atoms with Gasteiger partial charge in [-0.05, 0) is 60.9 Å². The Hall–Kier alpha value is -3.68. The molecule has 1 amide bonds. The summed E-state index contributed by atoms with van der Waals surface area (Å²) in [5.41, 5.74) is 3.54. The van der Waals surface area contributed by atoms with Crippen LogP contribution in [-0.4, -0.2) is 26.1 Å². The number of hydrogen-bond donors (Lipinski definition) is 0. The third kappa shape index (κ3) is 4.28. The van der Waals surface area contributed by atoms with Gasteiger partial charge in [-0.25, -0.2) is 8.78 Å². The first kappa shape index (κ1) is 25.0. The van der Waals surface area contributed by atoms with E-state index in [0.717, 1.165) is 23.3 Å². The first-order valence-corrected chi connectivity index (χ1v) is 12.4. The minimum atomic E-state index is -0.959. The van der Waals surface area contributed by atoms with Crippen LogP contribution in [-0.2, 0) is 13.0 Å². The second kappa shape index (κ2) is 9.65. The van der Waals surface area contributed by atoms with Gasteiger partial charge >= 0.3 is 0 Å². The van der Waals surface area contributed by atoms with Crippen molar-refractivity contribution in [2.75, 3.05) is 0 Å². The van der Waals surface area contributed by atoms with E-state index in [9.17, 15) is 18.4 Å². The van der Waals surface area contributed by atoms with E-state index in [1.54, 1.807) is 16.7 Å². The van der Waals surface area contributed by atoms with E-state index in [0.29, 0.717) is 33.9 Å². The number of carbonyl (C=O) groups is 2. The second-order valence-corrected chi connectivity index (χ2v) is 9.67. The highest BCUT2D eigenvalue weighted by Crippen LogP contribution is 2.31. The smallest absolute Gasteiger partial charge is 0.260 e. The molecule has 0 N–H and O–H groups in total. The molecule has 37 heavy (non-hydrogen) atoms. The predicted octanol–water partition coefficient (Wildman–Crippen LogP) is 6.84. The van der Waals surface area contributed by atoms with Crippen LogP contribution in [0.4, 0.5) is 8.78 Å². The molecule has 0 spiro atoms. The van der Waals surface area contributed by atoms with E-state index in [-0.39, 0.29) is 23.0 Å². The van der Waals surface area contributed by atoms with Gasteiger partial charge in [-0.15, -0.1) is 0 Å². The molecule has 1 aromatic heterocycles. The number of ketones is 1. The number of aromatic nitrogens is 1. The molecular weight excluding hydrogens is 514 g/mol. The summed E-state index contributed by atoms with van der Waals surface area (Å²) in [6.07, 6.45) is 2.53. The van der Waals surface area contributed by atoms with E-state index in [1.165, 1.54) is 17.0 Å². The van der Waals surface area contributed by atoms with Crippen molar-refractivity contribution >= 4 is 40.5 Å². The number of fused-ring (bicyclic) bond motifs is 1. The standard InChI is InChI=1S/C29H21ClF2N2O2S/c1-3-17-12-19(15-34-28(36)25-16(2)6-4-7-20(25)29(34)37)33(14-17)24-11-10-18(30)13-21(24)27(35)26-22(31)8-5-9-23(26)32/h4-14H,3,15H2,1-2H3. The molecule has 0 aliphatic carbocycles. The van der Waals surface area contributed by atoms with E-state index >= 15 is 0 Å². The Morgan fingerprint density at radius 3 is 2.41 bits per heavy atom. The molecule has 186 valence electrons. The summed E-state index contributed by atoms with van der Waals surface area (Å²) >= 11 is 11.9. The van der Waals surface area contributed by atoms with Crippen LogP contribution in [0.5, 0.6) is 0 Å². The number of benzene rings is 3. The zero-order valence-electron chi connectivity index (χ0n) is 20.0. The maximum absolute atomic E-state index is 14.5. The van der Waals surface area contributed by atoms with E-state index < -0.39 is 23.0 Å². The predicted molar refractivity (Wildman–Crippen MR) is 143 cm³/mol. The van der Waals surface area contributed by atoms with Crippen molar-refractivity contribution < 1.29 is 18.4 Å². The van der Waals surface area contributed by atoms with Gasteiger partial charge in [0.05, 0.1) is 23.4 Å². The van der Waals surface area contributed by atoms with Crippen molar-refractivity contribution in [3.63, 3.8) is 0 Å². The summed E-state index contributed by atoms with van der Waals surface area (Å²) in [7, 11) is 0. The molecule has 0 fully saturated rings. The molecule has 0 atom stereocenters. The molecule has 0 saturated carbocycles. The van der Waals surface area contributed by atoms with Gasteiger partial charge in [-0.3, -0.25) is 14.5 Å². The number of thiocarbonyl (C=S) groups is 1. The highest BCUT2D eigenvalue weighted by Gasteiger charge is 2.34. The Kier molecular flexibility index (Phi) is 6.52. The first-order valence-electron chi connectivity index (χ1n) is 11.7. The van der Waals surface area contributed by atoms with E-state index in [4.69, 9.17) is 23.8 Å². The summed E-state index contributed by atoms with van der Waals surface area (Å²) in [5.74, 6) is -2.94. The minimum absolute atomic E-state index is 0.0328. The Morgan fingerprint density at radius 2 is 1.73 bits per heavy atom. The van der Waals surface area contributed by atoms with Crippen LogP contribution in [0.25, 0.3) is 5.69 Å². The van der Waals surface area contributed by atoms with Crippen molar-refractivity contribution in [3.05, 3.63) is 123 Å². The van der Waals surface area contributed by atoms with E-state index in [2.05, 4.69) is 0 Å². The van der Waals surface area contributed by atoms with Crippen molar-refractivity contribution in [2.24, 2.45) is 0 Å². The number of amides is 1. The number of hydrogen-bond acceptors (Lipinski definition) is 3. The molecule has 8 heteroatoms. The lowest BCUT2D eigenvalue weighted by molar-refractivity contribution is 0.0852. The van der Waals surface area contributed by atoms with Gasteiger partial charge in [0.2, 0.25) is 5.78 Å². The molecule has 3 aromatic carbocycles. The van der Waals surface area contributed by atoms with Gasteiger partial charge in [0.15, 0.2) is 0 Å². The monoisotopic (exact) mass is 534 g/mol. The molecule has 4 aromatic rings. The fraction of sp³-hybridized carbons (Fsp3) is 0.138. The molecular formula is C29H21ClF2N2O2S. The Bertz CT molecular complexity index is 1590. The summed E-state index contributed by atoms with van der Waals surface area (Å²) in [5, 5.41) is 0.245. The summed E-state index contributed by atoms with van der Waals surface area (Å²) in [6, 6.07) is 15.4. The van der Waals surface area contributed by atoms with E-state index in [1.807, 2.05) is 44.3 Å². The first-order chi connectivity index (χ1) is 17.7. The fourth-order valence-corrected chi connectivity index (χ4v) is 5.16. The average molecular weight is 535 g/mol. The van der Waals surface area contributed by atoms with Crippen LogP contribution in [0.3, 0.4) is 0 Å². The van der Waals surface area contributed by atoms with Crippen molar-refractivity contribution in [2.45, 2.75) is 26.8 Å². The quantitative estimate of drug-likeness (QED) is 0.201. The van der Waals surface area contributed by atoms with Gasteiger partial charge in [0, 0.05) is 28.0 Å². The van der Waals surface area contributed by atoms with Crippen LogP contribution >= 0.6 is 23.8 Å². The van der Waals surface area contributed by atoms with Crippen molar-refractivity contribution in [1.82, 2.24) is 9.47 Å². The van der Waals surface area contributed by atoms with Crippen LogP contribution in [0.1, 0.15) is 55.6 Å². The largest absolute Gasteiger partial charge is 0.318 e. The number of rotatable bonds is 6. The number of halogens is 3. The van der Waals surface area contributed by atoms with Crippen molar-refractivity contribution in [3.8, 4) is 5.69 Å². The summed E-state index contributed by atoms with van der Waals surface area (Å²) in [6.45, 7) is 4.00. The zero-order valence-corrected chi connectivity index (χ0v) is 21.6. The molecule has 0 unspecified atom stereocenters. The lowest BCUT2D eigenvalue weighted by Crippen LogP contribution is -2.29. The number of aryl methyl sites for hydroxylation is 2. The maximum atomic E-state index is 14.5. The lowest BCUT2D eigenvalue weighted by atomic mass is 10.00. The van der Waals surface area contributed by atoms with Gasteiger partial charge in [0.25, 0.3) is 5.91 Å². The highest BCUT2D eigenvalue weighted by atomic mass is 35.5. The highest BCUT2D eigenvalue weighted by molar-refractivity contribution is 7.80. The average Bonchev–Trinajstić information content (AvgIpc) is 3.39. The fourth-order valence-electron chi connectivity index (χ4n) is 4.67. The van der Waals surface area contributed by atoms with Crippen molar-refractivity contribution in [1.29, 1.82) is 0 Å². The molecule has 5 rings (SSSR count). The maximum Gasteiger partial charge on any atom is 0.260 e. The van der Waals surface area contributed by atoms with Crippen LogP contribution in [0.15, 0.2) is 66.9 Å². The molecule has 0 bridgehead atoms. The van der Waals surface area contributed by atoms with Gasteiger partial charge < -0.3 is 4.57 Å². The third-order valence-corrected chi connectivity index (χ3v) is 7.22. The third-order valence-electron chi connectivity index (χ3n) is 6.54. The Balaban J connectivity index is 1.61. The molecule has 0 radical (unpaired) electrons. The minimum Gasteiger partial charge on any atom is -0.318 e. The van der Waals surface area contributed by atoms with Crippen LogP contribution in [0.2, 0.25) is 5.02 Å². The van der Waals surface area contributed by atoms with Gasteiger partial charge in [-0.1, -0.05) is 55.0 Å². The molecule has 1 aliphatic rings. The lowest BCUT2D eigenvalue weighted by Gasteiger charge is -2.19. The zero-order chi connectivity index (χ0) is 26.4. The number of nitrogens with zero attached hydrogens (tertiary/aromatic N) is 2. The normalized spacial score (nSPS) is 12.8. The van der Waals surface area contributed by atoms with Gasteiger partial charge in [-0.2, -0.15) is 0 Å². The Labute approximate surface area is 223 Å². The summed E-state index contributed by atoms with van der Waals surface area (Å²) in [4.78, 5) is 28.7. The molecule has 4 nitrogen and oxygen atoms in total. The second-order valence-electron chi connectivity index (χ2n) is 8.84. The molecule has 0 saturated heterocycles. The Morgan fingerprint density at radius 1 is 1.03 bits per heavy atom.